The Bertz CT molecular complexity index is 574. The zero-order chi connectivity index (χ0) is 15.8. The Labute approximate surface area is 129 Å². The Morgan fingerprint density at radius 1 is 1.43 bits per heavy atom. The van der Waals surface area contributed by atoms with E-state index in [0.717, 1.165) is 0 Å². The van der Waals surface area contributed by atoms with Crippen LogP contribution in [0.1, 0.15) is 18.1 Å². The predicted octanol–water partition coefficient (Wildman–Crippen LogP) is 2.99. The van der Waals surface area contributed by atoms with Crippen LogP contribution in [0.5, 0.6) is 5.75 Å². The molecular formula is C14H15BrF3NO2. The van der Waals surface area contributed by atoms with Gasteiger partial charge in [0.05, 0.1) is 17.0 Å². The molecule has 0 radical (unpaired) electrons. The Morgan fingerprint density at radius 3 is 2.67 bits per heavy atom. The molecule has 1 aromatic rings. The first-order chi connectivity index (χ1) is 9.70. The average molecular weight is 366 g/mol. The second-order valence-electron chi connectivity index (χ2n) is 5.23. The largest absolute Gasteiger partial charge is 0.496 e. The smallest absolute Gasteiger partial charge is 0.450 e. The number of methoxy groups -OCH3 is 1. The minimum atomic E-state index is -4.87. The molecular weight excluding hydrogens is 351 g/mol. The molecule has 0 saturated carbocycles. The van der Waals surface area contributed by atoms with Gasteiger partial charge in [0.15, 0.2) is 0 Å². The van der Waals surface area contributed by atoms with Crippen molar-refractivity contribution in [2.75, 3.05) is 20.2 Å². The van der Waals surface area contributed by atoms with Gasteiger partial charge in [-0.1, -0.05) is 0 Å². The van der Waals surface area contributed by atoms with Gasteiger partial charge in [-0.2, -0.15) is 13.2 Å². The molecule has 0 aromatic heterocycles. The highest BCUT2D eigenvalue weighted by atomic mass is 79.9. The minimum absolute atomic E-state index is 0.0445. The van der Waals surface area contributed by atoms with Gasteiger partial charge in [0.25, 0.3) is 0 Å². The third kappa shape index (κ3) is 2.94. The molecule has 7 heteroatoms. The maximum atomic E-state index is 12.9. The summed E-state index contributed by atoms with van der Waals surface area (Å²) in [6.45, 7) is 1.80. The lowest BCUT2D eigenvalue weighted by molar-refractivity contribution is -0.176. The molecule has 1 N–H and O–H groups in total. The summed E-state index contributed by atoms with van der Waals surface area (Å²) in [4.78, 5) is 11.9. The fraction of sp³-hybridized carbons (Fsp3) is 0.500. The third-order valence-electron chi connectivity index (χ3n) is 3.78. The van der Waals surface area contributed by atoms with E-state index in [-0.39, 0.29) is 6.54 Å². The number of halogens is 4. The van der Waals surface area contributed by atoms with Crippen molar-refractivity contribution in [1.29, 1.82) is 0 Å². The van der Waals surface area contributed by atoms with Gasteiger partial charge in [-0.05, 0) is 59.1 Å². The number of benzene rings is 1. The summed E-state index contributed by atoms with van der Waals surface area (Å²) < 4.78 is 44.5. The average Bonchev–Trinajstić information content (AvgIpc) is 2.57. The Morgan fingerprint density at radius 2 is 2.10 bits per heavy atom. The van der Waals surface area contributed by atoms with Crippen LogP contribution in [0.15, 0.2) is 16.6 Å². The molecule has 0 saturated heterocycles. The van der Waals surface area contributed by atoms with Crippen LogP contribution in [0.4, 0.5) is 13.2 Å². The van der Waals surface area contributed by atoms with Crippen molar-refractivity contribution in [3.05, 3.63) is 27.7 Å². The third-order valence-corrected chi connectivity index (χ3v) is 4.40. The minimum Gasteiger partial charge on any atom is -0.496 e. The van der Waals surface area contributed by atoms with Crippen molar-refractivity contribution in [1.82, 2.24) is 5.32 Å². The second kappa shape index (κ2) is 5.61. The van der Waals surface area contributed by atoms with Crippen LogP contribution in [0.3, 0.4) is 0 Å². The summed E-state index contributed by atoms with van der Waals surface area (Å²) in [6, 6.07) is 3.25. The van der Waals surface area contributed by atoms with Gasteiger partial charge in [0, 0.05) is 6.54 Å². The van der Waals surface area contributed by atoms with E-state index in [1.807, 2.05) is 0 Å². The maximum Gasteiger partial charge on any atom is 0.450 e. The van der Waals surface area contributed by atoms with Crippen LogP contribution in [0.2, 0.25) is 0 Å². The normalized spacial score (nSPS) is 22.4. The highest BCUT2D eigenvalue weighted by Gasteiger charge is 2.52. The molecule has 3 nitrogen and oxygen atoms in total. The van der Waals surface area contributed by atoms with E-state index in [4.69, 9.17) is 4.74 Å². The lowest BCUT2D eigenvalue weighted by Gasteiger charge is -2.30. The summed E-state index contributed by atoms with van der Waals surface area (Å²) in [5.74, 6) is -1.19. The highest BCUT2D eigenvalue weighted by molar-refractivity contribution is 9.10. The first-order valence-corrected chi connectivity index (χ1v) is 7.18. The van der Waals surface area contributed by atoms with Gasteiger partial charge in [-0.3, -0.25) is 4.79 Å². The Balaban J connectivity index is 2.62. The number of hydrogen-bond acceptors (Lipinski definition) is 3. The first kappa shape index (κ1) is 16.3. The maximum absolute atomic E-state index is 12.9. The first-order valence-electron chi connectivity index (χ1n) is 6.39. The zero-order valence-corrected chi connectivity index (χ0v) is 13.2. The summed E-state index contributed by atoms with van der Waals surface area (Å²) in [5, 5.41) is 2.92. The van der Waals surface area contributed by atoms with Crippen LogP contribution in [0, 0.1) is 0 Å². The van der Waals surface area contributed by atoms with E-state index < -0.39 is 17.4 Å². The summed E-state index contributed by atoms with van der Waals surface area (Å²) >= 11 is 3.27. The number of ether oxygens (including phenoxy) is 1. The monoisotopic (exact) mass is 365 g/mol. The number of ketones is 1. The van der Waals surface area contributed by atoms with Crippen molar-refractivity contribution in [2.24, 2.45) is 0 Å². The van der Waals surface area contributed by atoms with Gasteiger partial charge in [0.1, 0.15) is 5.75 Å². The molecule has 1 unspecified atom stereocenters. The van der Waals surface area contributed by atoms with Crippen molar-refractivity contribution in [3.63, 3.8) is 0 Å². The molecule has 0 aliphatic carbocycles. The quantitative estimate of drug-likeness (QED) is 0.875. The lowest BCUT2D eigenvalue weighted by Crippen LogP contribution is -2.48. The molecule has 116 valence electrons. The fourth-order valence-electron chi connectivity index (χ4n) is 2.64. The van der Waals surface area contributed by atoms with Crippen molar-refractivity contribution in [3.8, 4) is 5.75 Å². The lowest BCUT2D eigenvalue weighted by atomic mass is 9.76. The van der Waals surface area contributed by atoms with Gasteiger partial charge in [-0.25, -0.2) is 0 Å². The van der Waals surface area contributed by atoms with Crippen LogP contribution >= 0.6 is 15.9 Å². The van der Waals surface area contributed by atoms with E-state index in [1.54, 1.807) is 12.1 Å². The SMILES string of the molecule is COc1cc2c(cc1Br)C(C)(C(=O)C(F)(F)F)CNCC2. The summed E-state index contributed by atoms with van der Waals surface area (Å²) in [6.07, 6.45) is -4.33. The number of fused-ring (bicyclic) bond motifs is 1. The van der Waals surface area contributed by atoms with Gasteiger partial charge in [0.2, 0.25) is 5.78 Å². The van der Waals surface area contributed by atoms with E-state index in [2.05, 4.69) is 21.2 Å². The van der Waals surface area contributed by atoms with Gasteiger partial charge >= 0.3 is 6.18 Å². The number of hydrogen-bond donors (Lipinski definition) is 1. The number of Topliss-reactive ketones (excluding diaryl/α,β-unsaturated/α-hetero) is 1. The van der Waals surface area contributed by atoms with Crippen molar-refractivity contribution >= 4 is 21.7 Å². The second-order valence-corrected chi connectivity index (χ2v) is 6.08. The molecule has 21 heavy (non-hydrogen) atoms. The van der Waals surface area contributed by atoms with Crippen LogP contribution in [0.25, 0.3) is 0 Å². The van der Waals surface area contributed by atoms with Crippen molar-refractivity contribution in [2.45, 2.75) is 24.9 Å². The number of carbonyl (C=O) groups excluding carboxylic acids is 1. The van der Waals surface area contributed by atoms with E-state index >= 15 is 0 Å². The molecule has 0 bridgehead atoms. The number of carbonyl (C=O) groups is 1. The molecule has 0 spiro atoms. The van der Waals surface area contributed by atoms with Gasteiger partial charge in [-0.15, -0.1) is 0 Å². The van der Waals surface area contributed by atoms with Crippen LogP contribution < -0.4 is 10.1 Å². The van der Waals surface area contributed by atoms with Crippen molar-refractivity contribution < 1.29 is 22.7 Å². The molecule has 1 aromatic carbocycles. The predicted molar refractivity (Wildman–Crippen MR) is 75.7 cm³/mol. The molecule has 0 fully saturated rings. The summed E-state index contributed by atoms with van der Waals surface area (Å²) in [5.41, 5.74) is -0.554. The summed E-state index contributed by atoms with van der Waals surface area (Å²) in [7, 11) is 1.49. The molecule has 0 amide bonds. The molecule has 1 aliphatic rings. The Kier molecular flexibility index (Phi) is 4.35. The highest BCUT2D eigenvalue weighted by Crippen LogP contribution is 2.39. The van der Waals surface area contributed by atoms with Gasteiger partial charge < -0.3 is 10.1 Å². The zero-order valence-electron chi connectivity index (χ0n) is 11.6. The standard InChI is InChI=1S/C14H15BrF3NO2/c1-13(12(20)14(16,17)18)7-19-4-3-8-5-11(21-2)10(15)6-9(8)13/h5-6,19H,3-4,7H2,1-2H3. The van der Waals surface area contributed by atoms with E-state index in [0.29, 0.717) is 34.3 Å². The van der Waals surface area contributed by atoms with Crippen LogP contribution in [-0.4, -0.2) is 32.2 Å². The number of rotatable bonds is 2. The molecule has 1 atom stereocenters. The Hall–Kier alpha value is -1.08. The number of nitrogens with one attached hydrogen (secondary N) is 1. The molecule has 1 aliphatic heterocycles. The fourth-order valence-corrected chi connectivity index (χ4v) is 3.15. The number of alkyl halides is 3. The topological polar surface area (TPSA) is 38.3 Å². The van der Waals surface area contributed by atoms with E-state index in [9.17, 15) is 18.0 Å². The molecule has 1 heterocycles. The van der Waals surface area contributed by atoms with E-state index in [1.165, 1.54) is 14.0 Å². The molecule has 2 rings (SSSR count). The van der Waals surface area contributed by atoms with Crippen LogP contribution in [-0.2, 0) is 16.6 Å².